The third-order valence-electron chi connectivity index (χ3n) is 3.23. The predicted octanol–water partition coefficient (Wildman–Crippen LogP) is 3.97. The van der Waals surface area contributed by atoms with Gasteiger partial charge in [0.05, 0.1) is 13.9 Å². The summed E-state index contributed by atoms with van der Waals surface area (Å²) in [7, 11) is 0. The number of benzene rings is 1. The van der Waals surface area contributed by atoms with Crippen molar-refractivity contribution in [3.8, 4) is 0 Å². The van der Waals surface area contributed by atoms with Gasteiger partial charge in [0, 0.05) is 11.1 Å². The first-order chi connectivity index (χ1) is 9.80. The molecule has 0 aliphatic carbocycles. The highest BCUT2D eigenvalue weighted by Crippen LogP contribution is 2.25. The molecule has 1 heterocycles. The van der Waals surface area contributed by atoms with Crippen molar-refractivity contribution in [2.24, 2.45) is 0 Å². The first kappa shape index (κ1) is 16.0. The quantitative estimate of drug-likeness (QED) is 0.743. The lowest BCUT2D eigenvalue weighted by atomic mass is 9.85. The van der Waals surface area contributed by atoms with Crippen molar-refractivity contribution in [1.82, 2.24) is 0 Å². The monoisotopic (exact) mass is 415 g/mol. The Bertz CT molecular complexity index is 676. The van der Waals surface area contributed by atoms with E-state index in [2.05, 4.69) is 27.9 Å². The maximum atomic E-state index is 12.0. The number of hydrogen-bond acceptors (Lipinski definition) is 3. The van der Waals surface area contributed by atoms with Crippen LogP contribution in [-0.2, 0) is 10.2 Å². The molecule has 0 atom stereocenters. The Morgan fingerprint density at radius 2 is 1.86 bits per heavy atom. The fraction of sp³-hybridized carbons (Fsp3) is 0.200. The summed E-state index contributed by atoms with van der Waals surface area (Å²) in [5.41, 5.74) is 1.01. The molecule has 0 saturated heterocycles. The maximum Gasteiger partial charge on any atom is 0.313 e. The third kappa shape index (κ3) is 3.62. The molecule has 0 bridgehead atoms. The van der Waals surface area contributed by atoms with Crippen molar-refractivity contribution in [3.63, 3.8) is 0 Å². The average molecular weight is 415 g/mol. The van der Waals surface area contributed by atoms with Gasteiger partial charge in [0.15, 0.2) is 0 Å². The Morgan fingerprint density at radius 3 is 2.33 bits per heavy atom. The summed E-state index contributed by atoms with van der Waals surface area (Å²) in [6, 6.07) is 8.70. The summed E-state index contributed by atoms with van der Waals surface area (Å²) in [6.45, 7) is 3.30. The van der Waals surface area contributed by atoms with E-state index < -0.39 is 11.4 Å². The third-order valence-corrected chi connectivity index (χ3v) is 5.02. The predicted molar refractivity (Wildman–Crippen MR) is 92.1 cm³/mol. The molecule has 0 aliphatic rings. The van der Waals surface area contributed by atoms with Crippen molar-refractivity contribution >= 4 is 51.5 Å². The lowest BCUT2D eigenvalue weighted by Gasteiger charge is -2.19. The number of carboxylic acid groups (broad SMARTS) is 1. The molecule has 1 aromatic heterocycles. The number of carboxylic acids is 1. The van der Waals surface area contributed by atoms with Crippen molar-refractivity contribution < 1.29 is 14.7 Å². The molecule has 0 aliphatic heterocycles. The highest BCUT2D eigenvalue weighted by molar-refractivity contribution is 14.1. The molecule has 110 valence electrons. The van der Waals surface area contributed by atoms with Crippen LogP contribution in [0.4, 0.5) is 5.69 Å². The van der Waals surface area contributed by atoms with E-state index in [4.69, 9.17) is 0 Å². The Balaban J connectivity index is 2.13. The van der Waals surface area contributed by atoms with E-state index in [-0.39, 0.29) is 5.91 Å². The van der Waals surface area contributed by atoms with E-state index in [9.17, 15) is 14.7 Å². The fourth-order valence-electron chi connectivity index (χ4n) is 1.73. The van der Waals surface area contributed by atoms with Crippen LogP contribution in [0.1, 0.15) is 29.8 Å². The van der Waals surface area contributed by atoms with Crippen LogP contribution in [-0.4, -0.2) is 17.0 Å². The van der Waals surface area contributed by atoms with Gasteiger partial charge in [-0.3, -0.25) is 9.59 Å². The van der Waals surface area contributed by atoms with Crippen molar-refractivity contribution in [1.29, 1.82) is 0 Å². The molecule has 2 N–H and O–H groups in total. The van der Waals surface area contributed by atoms with Crippen LogP contribution in [0.3, 0.4) is 0 Å². The number of rotatable bonds is 4. The molecule has 1 amide bonds. The van der Waals surface area contributed by atoms with Crippen LogP contribution in [0, 0.1) is 2.88 Å². The second-order valence-corrected chi connectivity index (χ2v) is 7.91. The van der Waals surface area contributed by atoms with Gasteiger partial charge in [-0.2, -0.15) is 0 Å². The van der Waals surface area contributed by atoms with Gasteiger partial charge in [-0.1, -0.05) is 12.1 Å². The van der Waals surface area contributed by atoms with Crippen LogP contribution in [0.15, 0.2) is 35.7 Å². The number of anilines is 1. The van der Waals surface area contributed by atoms with Crippen LogP contribution in [0.2, 0.25) is 0 Å². The summed E-state index contributed by atoms with van der Waals surface area (Å²) in [6.07, 6.45) is 0. The Morgan fingerprint density at radius 1 is 1.24 bits per heavy atom. The summed E-state index contributed by atoms with van der Waals surface area (Å²) in [5, 5.41) is 13.8. The first-order valence-electron chi connectivity index (χ1n) is 6.20. The molecule has 0 spiro atoms. The molecule has 1 aromatic carbocycles. The van der Waals surface area contributed by atoms with Gasteiger partial charge in [-0.15, -0.1) is 11.3 Å². The Hall–Kier alpha value is -1.41. The molecule has 21 heavy (non-hydrogen) atoms. The summed E-state index contributed by atoms with van der Waals surface area (Å²) < 4.78 is 1.05. The number of thiophene rings is 1. The fourth-order valence-corrected chi connectivity index (χ4v) is 3.05. The number of carbonyl (C=O) groups excluding carboxylic acids is 1. The second kappa shape index (κ2) is 6.15. The molecule has 0 unspecified atom stereocenters. The van der Waals surface area contributed by atoms with Gasteiger partial charge in [0.1, 0.15) is 0 Å². The van der Waals surface area contributed by atoms with E-state index in [1.54, 1.807) is 43.5 Å². The molecule has 2 aromatic rings. The normalized spacial score (nSPS) is 11.2. The lowest BCUT2D eigenvalue weighted by molar-refractivity contribution is -0.142. The molecule has 2 rings (SSSR count). The maximum absolute atomic E-state index is 12.0. The molecular formula is C15H14INO3S. The van der Waals surface area contributed by atoms with Gasteiger partial charge < -0.3 is 10.4 Å². The highest BCUT2D eigenvalue weighted by Gasteiger charge is 2.29. The smallest absolute Gasteiger partial charge is 0.313 e. The summed E-state index contributed by atoms with van der Waals surface area (Å²) in [5.74, 6) is -1.05. The molecule has 0 saturated carbocycles. The van der Waals surface area contributed by atoms with Crippen LogP contribution in [0.5, 0.6) is 0 Å². The van der Waals surface area contributed by atoms with Gasteiger partial charge in [0.2, 0.25) is 0 Å². The number of amides is 1. The molecule has 0 radical (unpaired) electrons. The van der Waals surface area contributed by atoms with E-state index in [1.165, 1.54) is 11.3 Å². The van der Waals surface area contributed by atoms with Crippen LogP contribution < -0.4 is 5.32 Å². The average Bonchev–Trinajstić information content (AvgIpc) is 2.86. The zero-order valence-corrected chi connectivity index (χ0v) is 14.5. The minimum atomic E-state index is -0.952. The molecule has 4 nitrogen and oxygen atoms in total. The standard InChI is InChI=1S/C15H14INO3S/c1-15(2,14(19)20)10-3-5-11(6-4-10)17-13(18)9-7-12(16)21-8-9/h3-8H,1-2H3,(H,17,18)(H,19,20). The largest absolute Gasteiger partial charge is 0.481 e. The van der Waals surface area contributed by atoms with Crippen molar-refractivity contribution in [2.45, 2.75) is 19.3 Å². The summed E-state index contributed by atoms with van der Waals surface area (Å²) >= 11 is 3.68. The topological polar surface area (TPSA) is 66.4 Å². The molecular weight excluding hydrogens is 401 g/mol. The number of aliphatic carboxylic acids is 1. The van der Waals surface area contributed by atoms with Crippen molar-refractivity contribution in [3.05, 3.63) is 49.7 Å². The number of carbonyl (C=O) groups is 2. The minimum Gasteiger partial charge on any atom is -0.481 e. The molecule has 0 fully saturated rings. The van der Waals surface area contributed by atoms with E-state index in [1.807, 2.05) is 6.07 Å². The minimum absolute atomic E-state index is 0.167. The highest BCUT2D eigenvalue weighted by atomic mass is 127. The van der Waals surface area contributed by atoms with Crippen LogP contribution >= 0.6 is 33.9 Å². The number of hydrogen-bond donors (Lipinski definition) is 2. The van der Waals surface area contributed by atoms with E-state index >= 15 is 0 Å². The van der Waals surface area contributed by atoms with Crippen LogP contribution in [0.25, 0.3) is 0 Å². The first-order valence-corrected chi connectivity index (χ1v) is 8.16. The Kier molecular flexibility index (Phi) is 4.67. The zero-order chi connectivity index (χ0) is 15.6. The van der Waals surface area contributed by atoms with Gasteiger partial charge in [-0.25, -0.2) is 0 Å². The lowest BCUT2D eigenvalue weighted by Crippen LogP contribution is -2.28. The zero-order valence-electron chi connectivity index (χ0n) is 11.5. The van der Waals surface area contributed by atoms with Gasteiger partial charge in [0.25, 0.3) is 5.91 Å². The SMILES string of the molecule is CC(C)(C(=O)O)c1ccc(NC(=O)c2csc(I)c2)cc1. The molecule has 6 heteroatoms. The van der Waals surface area contributed by atoms with Gasteiger partial charge in [-0.05, 0) is 60.2 Å². The van der Waals surface area contributed by atoms with Crippen molar-refractivity contribution in [2.75, 3.05) is 5.32 Å². The summed E-state index contributed by atoms with van der Waals surface area (Å²) in [4.78, 5) is 23.2. The number of nitrogens with one attached hydrogen (secondary N) is 1. The number of halogens is 1. The Labute approximate surface area is 140 Å². The second-order valence-electron chi connectivity index (χ2n) is 5.10. The van der Waals surface area contributed by atoms with Gasteiger partial charge >= 0.3 is 5.97 Å². The van der Waals surface area contributed by atoms with E-state index in [0.29, 0.717) is 16.8 Å². The van der Waals surface area contributed by atoms with E-state index in [0.717, 1.165) is 2.88 Å².